The van der Waals surface area contributed by atoms with Crippen molar-refractivity contribution in [1.29, 1.82) is 5.26 Å². The molecule has 5 nitrogen and oxygen atoms in total. The third-order valence-electron chi connectivity index (χ3n) is 2.78. The Hall–Kier alpha value is -2.35. The molecule has 1 aromatic rings. The molecule has 2 rings (SSSR count). The number of amides is 2. The van der Waals surface area contributed by atoms with Gasteiger partial charge in [-0.15, -0.1) is 0 Å². The highest BCUT2D eigenvalue weighted by Gasteiger charge is 2.23. The van der Waals surface area contributed by atoms with Crippen molar-refractivity contribution in [3.8, 4) is 6.07 Å². The zero-order chi connectivity index (χ0) is 13.0. The molecule has 1 aliphatic rings. The Morgan fingerprint density at radius 3 is 2.89 bits per heavy atom. The summed E-state index contributed by atoms with van der Waals surface area (Å²) in [6.45, 7) is 0.671. The zero-order valence-corrected chi connectivity index (χ0v) is 9.85. The standard InChI is InChI=1S/C13H13N3O2/c14-8-7-12(17)15-10-4-1-2-5-11(10)16-9-3-6-13(16)18/h1-2,4-5H,3,6-7,9H2,(H,15,17). The van der Waals surface area contributed by atoms with Crippen LogP contribution in [0.3, 0.4) is 0 Å². The van der Waals surface area contributed by atoms with Crippen LogP contribution in [0.5, 0.6) is 0 Å². The van der Waals surface area contributed by atoms with Crippen molar-refractivity contribution in [3.63, 3.8) is 0 Å². The van der Waals surface area contributed by atoms with E-state index in [4.69, 9.17) is 5.26 Å². The molecule has 1 fully saturated rings. The van der Waals surface area contributed by atoms with Gasteiger partial charge in [0.1, 0.15) is 6.42 Å². The Morgan fingerprint density at radius 1 is 1.44 bits per heavy atom. The fraction of sp³-hybridized carbons (Fsp3) is 0.308. The quantitative estimate of drug-likeness (QED) is 0.877. The molecule has 1 aliphatic heterocycles. The summed E-state index contributed by atoms with van der Waals surface area (Å²) in [5.41, 5.74) is 1.28. The number of hydrogen-bond acceptors (Lipinski definition) is 3. The molecule has 0 aliphatic carbocycles. The van der Waals surface area contributed by atoms with Crippen molar-refractivity contribution in [1.82, 2.24) is 0 Å². The first-order chi connectivity index (χ1) is 8.72. The van der Waals surface area contributed by atoms with Crippen LogP contribution in [0, 0.1) is 11.3 Å². The highest BCUT2D eigenvalue weighted by Crippen LogP contribution is 2.29. The van der Waals surface area contributed by atoms with Crippen molar-refractivity contribution in [2.75, 3.05) is 16.8 Å². The molecule has 0 unspecified atom stereocenters. The zero-order valence-electron chi connectivity index (χ0n) is 9.85. The van der Waals surface area contributed by atoms with E-state index in [9.17, 15) is 9.59 Å². The van der Waals surface area contributed by atoms with E-state index in [1.165, 1.54) is 0 Å². The third-order valence-corrected chi connectivity index (χ3v) is 2.78. The minimum atomic E-state index is -0.364. The van der Waals surface area contributed by atoms with Gasteiger partial charge >= 0.3 is 0 Å². The van der Waals surface area contributed by atoms with Crippen LogP contribution in [0.1, 0.15) is 19.3 Å². The van der Waals surface area contributed by atoms with Gasteiger partial charge in [0.15, 0.2) is 0 Å². The van der Waals surface area contributed by atoms with E-state index in [-0.39, 0.29) is 18.2 Å². The SMILES string of the molecule is N#CCC(=O)Nc1ccccc1N1CCCC1=O. The van der Waals surface area contributed by atoms with Gasteiger partial charge in [-0.1, -0.05) is 12.1 Å². The van der Waals surface area contributed by atoms with Crippen LogP contribution in [0.4, 0.5) is 11.4 Å². The van der Waals surface area contributed by atoms with E-state index in [0.717, 1.165) is 6.42 Å². The molecule has 2 amide bonds. The predicted molar refractivity (Wildman–Crippen MR) is 66.9 cm³/mol. The molecule has 0 radical (unpaired) electrons. The van der Waals surface area contributed by atoms with Gasteiger partial charge in [0.05, 0.1) is 17.4 Å². The fourth-order valence-corrected chi connectivity index (χ4v) is 1.98. The summed E-state index contributed by atoms with van der Waals surface area (Å²) >= 11 is 0. The fourth-order valence-electron chi connectivity index (χ4n) is 1.98. The normalized spacial score (nSPS) is 14.4. The number of anilines is 2. The lowest BCUT2D eigenvalue weighted by Gasteiger charge is -2.19. The molecule has 1 saturated heterocycles. The van der Waals surface area contributed by atoms with Crippen LogP contribution in [0.2, 0.25) is 0 Å². The third kappa shape index (κ3) is 2.48. The average molecular weight is 243 g/mol. The van der Waals surface area contributed by atoms with Gasteiger partial charge in [0.2, 0.25) is 11.8 Å². The molecule has 5 heteroatoms. The van der Waals surface area contributed by atoms with Crippen molar-refractivity contribution < 1.29 is 9.59 Å². The number of nitrogens with zero attached hydrogens (tertiary/aromatic N) is 2. The van der Waals surface area contributed by atoms with Crippen LogP contribution in [0.15, 0.2) is 24.3 Å². The lowest BCUT2D eigenvalue weighted by Crippen LogP contribution is -2.25. The number of para-hydroxylation sites is 2. The maximum Gasteiger partial charge on any atom is 0.238 e. The summed E-state index contributed by atoms with van der Waals surface area (Å²) in [6, 6.07) is 8.93. The lowest BCUT2D eigenvalue weighted by molar-refractivity contribution is -0.117. The number of hydrogen-bond donors (Lipinski definition) is 1. The molecule has 1 N–H and O–H groups in total. The molecule has 0 spiro atoms. The smallest absolute Gasteiger partial charge is 0.238 e. The maximum absolute atomic E-state index is 11.7. The minimum absolute atomic E-state index is 0.0667. The molecule has 1 heterocycles. The van der Waals surface area contributed by atoms with Crippen LogP contribution in [0.25, 0.3) is 0 Å². The van der Waals surface area contributed by atoms with E-state index in [2.05, 4.69) is 5.32 Å². The second-order valence-electron chi connectivity index (χ2n) is 4.05. The van der Waals surface area contributed by atoms with Gasteiger partial charge in [-0.05, 0) is 18.6 Å². The molecule has 0 aromatic heterocycles. The number of rotatable bonds is 3. The predicted octanol–water partition coefficient (Wildman–Crippen LogP) is 1.67. The van der Waals surface area contributed by atoms with Crippen molar-refractivity contribution in [2.24, 2.45) is 0 Å². The summed E-state index contributed by atoms with van der Waals surface area (Å²) in [5.74, 6) is -0.298. The number of benzene rings is 1. The maximum atomic E-state index is 11.7. The van der Waals surface area contributed by atoms with E-state index in [1.54, 1.807) is 29.2 Å². The van der Waals surface area contributed by atoms with Crippen LogP contribution >= 0.6 is 0 Å². The largest absolute Gasteiger partial charge is 0.323 e. The van der Waals surface area contributed by atoms with E-state index in [1.807, 2.05) is 6.07 Å². The van der Waals surface area contributed by atoms with Crippen LogP contribution in [-0.4, -0.2) is 18.4 Å². The van der Waals surface area contributed by atoms with E-state index < -0.39 is 0 Å². The monoisotopic (exact) mass is 243 g/mol. The van der Waals surface area contributed by atoms with Gasteiger partial charge in [0.25, 0.3) is 0 Å². The first kappa shape index (κ1) is 12.1. The Balaban J connectivity index is 2.23. The van der Waals surface area contributed by atoms with E-state index >= 15 is 0 Å². The lowest BCUT2D eigenvalue weighted by atomic mass is 10.2. The Morgan fingerprint density at radius 2 is 2.22 bits per heavy atom. The first-order valence-corrected chi connectivity index (χ1v) is 5.78. The second kappa shape index (κ2) is 5.32. The van der Waals surface area contributed by atoms with E-state index in [0.29, 0.717) is 24.3 Å². The number of nitrogens with one attached hydrogen (secondary N) is 1. The van der Waals surface area contributed by atoms with Crippen molar-refractivity contribution in [3.05, 3.63) is 24.3 Å². The Kier molecular flexibility index (Phi) is 3.58. The second-order valence-corrected chi connectivity index (χ2v) is 4.05. The average Bonchev–Trinajstić information content (AvgIpc) is 2.76. The van der Waals surface area contributed by atoms with Crippen molar-refractivity contribution in [2.45, 2.75) is 19.3 Å². The summed E-state index contributed by atoms with van der Waals surface area (Å²) in [4.78, 5) is 24.8. The van der Waals surface area contributed by atoms with Gasteiger partial charge in [-0.2, -0.15) is 5.26 Å². The van der Waals surface area contributed by atoms with Gasteiger partial charge in [-0.3, -0.25) is 9.59 Å². The molecule has 92 valence electrons. The highest BCUT2D eigenvalue weighted by molar-refractivity contribution is 6.02. The summed E-state index contributed by atoms with van der Waals surface area (Å²) in [7, 11) is 0. The molecule has 0 saturated carbocycles. The Bertz CT molecular complexity index is 519. The van der Waals surface area contributed by atoms with Crippen LogP contribution < -0.4 is 10.2 Å². The number of carbonyl (C=O) groups excluding carboxylic acids is 2. The van der Waals surface area contributed by atoms with Gasteiger partial charge < -0.3 is 10.2 Å². The molecular weight excluding hydrogens is 230 g/mol. The molecule has 18 heavy (non-hydrogen) atoms. The first-order valence-electron chi connectivity index (χ1n) is 5.78. The minimum Gasteiger partial charge on any atom is -0.323 e. The number of carbonyl (C=O) groups is 2. The summed E-state index contributed by atoms with van der Waals surface area (Å²) in [6.07, 6.45) is 1.18. The molecular formula is C13H13N3O2. The van der Waals surface area contributed by atoms with Crippen LogP contribution in [-0.2, 0) is 9.59 Å². The molecule has 0 atom stereocenters. The summed E-state index contributed by atoms with van der Waals surface area (Å²) < 4.78 is 0. The molecule has 1 aromatic carbocycles. The summed E-state index contributed by atoms with van der Waals surface area (Å²) in [5, 5.41) is 11.1. The topological polar surface area (TPSA) is 73.2 Å². The Labute approximate surface area is 105 Å². The number of nitriles is 1. The van der Waals surface area contributed by atoms with Crippen molar-refractivity contribution >= 4 is 23.2 Å². The molecule has 0 bridgehead atoms. The van der Waals surface area contributed by atoms with Gasteiger partial charge in [0, 0.05) is 13.0 Å². The highest BCUT2D eigenvalue weighted by atomic mass is 16.2. The van der Waals surface area contributed by atoms with Gasteiger partial charge in [-0.25, -0.2) is 0 Å².